The molecular formula is C34H39ClN2O5. The Morgan fingerprint density at radius 3 is 2.55 bits per heavy atom. The zero-order valence-electron chi connectivity index (χ0n) is 24.0. The zero-order valence-corrected chi connectivity index (χ0v) is 24.7. The Kier molecular flexibility index (Phi) is 10.4. The number of carbonyl (C=O) groups excluding carboxylic acids is 2. The molecule has 42 heavy (non-hydrogen) atoms. The highest BCUT2D eigenvalue weighted by molar-refractivity contribution is 6.33. The number of nitrogens with zero attached hydrogens (tertiary/aromatic N) is 2. The summed E-state index contributed by atoms with van der Waals surface area (Å²) < 4.78 is 5.61. The second-order valence-corrected chi connectivity index (χ2v) is 11.7. The summed E-state index contributed by atoms with van der Waals surface area (Å²) in [6.07, 6.45) is 15.2. The Morgan fingerprint density at radius 2 is 1.79 bits per heavy atom. The SMILES string of the molecule is O=C1OCC/C=C/CC/C=C/C(=N\OCC(=O)N2CCC(Cc3ccccc3)CC2)Cc2c(Cl)c(O)cc(C3CC3)c21. The van der Waals surface area contributed by atoms with Gasteiger partial charge in [0.25, 0.3) is 5.91 Å². The number of carbonyl (C=O) groups is 2. The number of esters is 1. The number of aromatic hydroxyl groups is 1. The van der Waals surface area contributed by atoms with Crippen LogP contribution in [-0.4, -0.2) is 53.9 Å². The fourth-order valence-electron chi connectivity index (χ4n) is 5.68. The lowest BCUT2D eigenvalue weighted by Crippen LogP contribution is -2.40. The maximum absolute atomic E-state index is 13.3. The summed E-state index contributed by atoms with van der Waals surface area (Å²) in [4.78, 5) is 33.7. The number of cyclic esters (lactones) is 1. The monoisotopic (exact) mass is 590 g/mol. The molecule has 0 radical (unpaired) electrons. The summed E-state index contributed by atoms with van der Waals surface area (Å²) in [5, 5.41) is 15.1. The van der Waals surface area contributed by atoms with Crippen molar-refractivity contribution in [2.24, 2.45) is 11.1 Å². The highest BCUT2D eigenvalue weighted by Crippen LogP contribution is 2.46. The van der Waals surface area contributed by atoms with Gasteiger partial charge in [-0.3, -0.25) is 4.79 Å². The number of rotatable bonds is 6. The first-order valence-electron chi connectivity index (χ1n) is 15.0. The van der Waals surface area contributed by atoms with Crippen molar-refractivity contribution < 1.29 is 24.3 Å². The average Bonchev–Trinajstić information content (AvgIpc) is 3.84. The van der Waals surface area contributed by atoms with Gasteiger partial charge in [-0.05, 0) is 92.0 Å². The summed E-state index contributed by atoms with van der Waals surface area (Å²) in [6.45, 7) is 1.51. The van der Waals surface area contributed by atoms with Crippen LogP contribution in [-0.2, 0) is 27.2 Å². The van der Waals surface area contributed by atoms with Gasteiger partial charge in [-0.15, -0.1) is 0 Å². The van der Waals surface area contributed by atoms with Crippen LogP contribution in [0.4, 0.5) is 0 Å². The van der Waals surface area contributed by atoms with Gasteiger partial charge >= 0.3 is 5.97 Å². The summed E-state index contributed by atoms with van der Waals surface area (Å²) in [7, 11) is 0. The van der Waals surface area contributed by atoms with Gasteiger partial charge in [0.1, 0.15) is 5.75 Å². The van der Waals surface area contributed by atoms with E-state index in [9.17, 15) is 14.7 Å². The van der Waals surface area contributed by atoms with E-state index in [1.807, 2.05) is 29.2 Å². The van der Waals surface area contributed by atoms with E-state index in [4.69, 9.17) is 21.2 Å². The zero-order chi connectivity index (χ0) is 29.3. The lowest BCUT2D eigenvalue weighted by atomic mass is 9.90. The number of amides is 1. The first-order chi connectivity index (χ1) is 20.5. The van der Waals surface area contributed by atoms with Gasteiger partial charge in [0.05, 0.1) is 22.9 Å². The van der Waals surface area contributed by atoms with Gasteiger partial charge in [-0.25, -0.2) is 4.79 Å². The standard InChI is InChI=1S/C34H39ClN2O5/c35-33-29-21-27(36-42-23-31(39)37-17-15-25(16-18-37)20-24-10-6-5-7-11-24)12-8-3-1-2-4-9-19-41-34(40)32(29)28(22-30(33)38)26-13-14-26/h2,4-8,10-12,22,25-26,38H,1,3,9,13-21,23H2/b4-2+,12-8+,36-27+. The Hall–Kier alpha value is -3.58. The van der Waals surface area contributed by atoms with Crippen LogP contribution in [0.5, 0.6) is 5.75 Å². The number of hydrogen-bond donors (Lipinski definition) is 1. The second kappa shape index (κ2) is 14.5. The second-order valence-electron chi connectivity index (χ2n) is 11.3. The summed E-state index contributed by atoms with van der Waals surface area (Å²) in [6, 6.07) is 12.1. The molecule has 222 valence electrons. The Balaban J connectivity index is 1.28. The molecule has 2 aromatic rings. The molecule has 5 rings (SSSR count). The van der Waals surface area contributed by atoms with E-state index in [0.29, 0.717) is 42.3 Å². The summed E-state index contributed by atoms with van der Waals surface area (Å²) >= 11 is 6.59. The van der Waals surface area contributed by atoms with Crippen molar-refractivity contribution in [2.75, 3.05) is 26.3 Å². The predicted molar refractivity (Wildman–Crippen MR) is 164 cm³/mol. The quantitative estimate of drug-likeness (QED) is 0.228. The molecule has 0 aromatic heterocycles. The van der Waals surface area contributed by atoms with Crippen LogP contribution in [0.3, 0.4) is 0 Å². The van der Waals surface area contributed by atoms with Crippen molar-refractivity contribution in [3.8, 4) is 5.75 Å². The van der Waals surface area contributed by atoms with E-state index in [2.05, 4.69) is 35.5 Å². The van der Waals surface area contributed by atoms with Gasteiger partial charge in [0.15, 0.2) is 6.61 Å². The average molecular weight is 591 g/mol. The van der Waals surface area contributed by atoms with Crippen LogP contribution in [0.2, 0.25) is 5.02 Å². The van der Waals surface area contributed by atoms with Gasteiger partial charge in [-0.2, -0.15) is 0 Å². The predicted octanol–water partition coefficient (Wildman–Crippen LogP) is 6.77. The molecule has 1 N–H and O–H groups in total. The fraction of sp³-hybridized carbons (Fsp3) is 0.441. The molecule has 1 saturated heterocycles. The number of halogens is 1. The summed E-state index contributed by atoms with van der Waals surface area (Å²) in [5.41, 5.74) is 3.47. The van der Waals surface area contributed by atoms with Crippen molar-refractivity contribution >= 4 is 29.2 Å². The van der Waals surface area contributed by atoms with E-state index in [1.54, 1.807) is 6.07 Å². The number of phenolic OH excluding ortho intramolecular Hbond substituents is 1. The van der Waals surface area contributed by atoms with Crippen molar-refractivity contribution in [1.29, 1.82) is 0 Å². The maximum Gasteiger partial charge on any atom is 0.338 e. The van der Waals surface area contributed by atoms with Crippen LogP contribution < -0.4 is 0 Å². The number of fused-ring (bicyclic) bond motifs is 1. The van der Waals surface area contributed by atoms with E-state index < -0.39 is 5.97 Å². The van der Waals surface area contributed by atoms with Crippen LogP contribution >= 0.6 is 11.6 Å². The number of oxime groups is 1. The molecule has 2 aliphatic heterocycles. The minimum atomic E-state index is -0.450. The number of benzene rings is 2. The van der Waals surface area contributed by atoms with Crippen molar-refractivity contribution in [2.45, 2.75) is 63.7 Å². The third-order valence-corrected chi connectivity index (χ3v) is 8.57. The topological polar surface area (TPSA) is 88.4 Å². The number of likely N-dealkylation sites (tertiary alicyclic amines) is 1. The molecular weight excluding hydrogens is 552 g/mol. The molecule has 0 unspecified atom stereocenters. The third-order valence-electron chi connectivity index (χ3n) is 8.15. The molecule has 8 heteroatoms. The molecule has 3 aliphatic rings. The molecule has 0 atom stereocenters. The first-order valence-corrected chi connectivity index (χ1v) is 15.4. The molecule has 0 bridgehead atoms. The molecule has 1 aliphatic carbocycles. The van der Waals surface area contributed by atoms with Gasteiger partial charge < -0.3 is 19.6 Å². The number of hydrogen-bond acceptors (Lipinski definition) is 6. The van der Waals surface area contributed by atoms with E-state index in [1.165, 1.54) is 5.56 Å². The van der Waals surface area contributed by atoms with Crippen molar-refractivity contribution in [3.05, 3.63) is 88.0 Å². The molecule has 2 heterocycles. The highest BCUT2D eigenvalue weighted by atomic mass is 35.5. The third kappa shape index (κ3) is 8.03. The minimum absolute atomic E-state index is 0.0655. The van der Waals surface area contributed by atoms with Crippen LogP contribution in [0.15, 0.2) is 65.9 Å². The fourth-order valence-corrected chi connectivity index (χ4v) is 5.90. The molecule has 1 amide bonds. The summed E-state index contributed by atoms with van der Waals surface area (Å²) in [5.74, 6) is 0.146. The van der Waals surface area contributed by atoms with Gasteiger partial charge in [0, 0.05) is 19.5 Å². The van der Waals surface area contributed by atoms with Crippen LogP contribution in [0, 0.1) is 5.92 Å². The van der Waals surface area contributed by atoms with E-state index in [0.717, 1.165) is 50.5 Å². The van der Waals surface area contributed by atoms with Crippen LogP contribution in [0.25, 0.3) is 0 Å². The van der Waals surface area contributed by atoms with Crippen molar-refractivity contribution in [3.63, 3.8) is 0 Å². The molecule has 2 aromatic carbocycles. The lowest BCUT2D eigenvalue weighted by molar-refractivity contribution is -0.137. The maximum atomic E-state index is 13.3. The van der Waals surface area contributed by atoms with Crippen LogP contribution in [0.1, 0.15) is 77.9 Å². The van der Waals surface area contributed by atoms with Gasteiger partial charge in [0.2, 0.25) is 0 Å². The molecule has 7 nitrogen and oxygen atoms in total. The highest BCUT2D eigenvalue weighted by Gasteiger charge is 2.33. The normalized spacial score (nSPS) is 21.2. The number of allylic oxidation sites excluding steroid dienone is 3. The largest absolute Gasteiger partial charge is 0.506 e. The lowest BCUT2D eigenvalue weighted by Gasteiger charge is -2.31. The number of phenols is 1. The molecule has 1 saturated carbocycles. The number of piperidine rings is 1. The Morgan fingerprint density at radius 1 is 1.05 bits per heavy atom. The molecule has 2 fully saturated rings. The smallest absolute Gasteiger partial charge is 0.338 e. The van der Waals surface area contributed by atoms with E-state index in [-0.39, 0.29) is 42.2 Å². The number of ether oxygens (including phenoxy) is 1. The Bertz CT molecular complexity index is 1340. The minimum Gasteiger partial charge on any atom is -0.506 e. The van der Waals surface area contributed by atoms with Gasteiger partial charge in [-0.1, -0.05) is 65.3 Å². The molecule has 0 spiro atoms. The van der Waals surface area contributed by atoms with Crippen molar-refractivity contribution in [1.82, 2.24) is 4.90 Å². The van der Waals surface area contributed by atoms with E-state index >= 15 is 0 Å². The Labute approximate surface area is 252 Å². The first kappa shape index (κ1) is 29.9.